The Labute approximate surface area is 98.8 Å². The lowest BCUT2D eigenvalue weighted by molar-refractivity contribution is 0.276. The number of halogens is 1. The van der Waals surface area contributed by atoms with Crippen LogP contribution in [0.3, 0.4) is 0 Å². The smallest absolute Gasteiger partial charge is 0.159 e. The fourth-order valence-electron chi connectivity index (χ4n) is 1.44. The number of aromatic nitrogens is 2. The SMILES string of the molecule is Cc1cc(CO)nc(-c2ccc(Cl)cc2)n1. The predicted octanol–water partition coefficient (Wildman–Crippen LogP) is 2.60. The van der Waals surface area contributed by atoms with Crippen molar-refractivity contribution in [2.75, 3.05) is 0 Å². The highest BCUT2D eigenvalue weighted by Gasteiger charge is 2.04. The van der Waals surface area contributed by atoms with Crippen LogP contribution in [0.1, 0.15) is 11.4 Å². The van der Waals surface area contributed by atoms with Crippen LogP contribution in [-0.4, -0.2) is 15.1 Å². The third kappa shape index (κ3) is 2.38. The van der Waals surface area contributed by atoms with E-state index in [1.807, 2.05) is 19.1 Å². The molecule has 0 aliphatic heterocycles. The molecule has 0 radical (unpaired) electrons. The molecule has 82 valence electrons. The van der Waals surface area contributed by atoms with Gasteiger partial charge < -0.3 is 5.11 Å². The fraction of sp³-hybridized carbons (Fsp3) is 0.167. The highest BCUT2D eigenvalue weighted by molar-refractivity contribution is 6.30. The van der Waals surface area contributed by atoms with Gasteiger partial charge >= 0.3 is 0 Å². The summed E-state index contributed by atoms with van der Waals surface area (Å²) in [6.45, 7) is 1.80. The molecule has 0 aliphatic carbocycles. The van der Waals surface area contributed by atoms with E-state index in [0.29, 0.717) is 16.5 Å². The highest BCUT2D eigenvalue weighted by Crippen LogP contribution is 2.18. The second-order valence-electron chi connectivity index (χ2n) is 3.49. The molecule has 2 rings (SSSR count). The Morgan fingerprint density at radius 2 is 1.88 bits per heavy atom. The molecule has 3 nitrogen and oxygen atoms in total. The summed E-state index contributed by atoms with van der Waals surface area (Å²) in [5.41, 5.74) is 2.35. The van der Waals surface area contributed by atoms with Crippen molar-refractivity contribution in [2.45, 2.75) is 13.5 Å². The summed E-state index contributed by atoms with van der Waals surface area (Å²) in [6.07, 6.45) is 0. The molecular weight excluding hydrogens is 224 g/mol. The summed E-state index contributed by atoms with van der Waals surface area (Å²) in [6, 6.07) is 9.07. The van der Waals surface area contributed by atoms with Crippen molar-refractivity contribution in [1.82, 2.24) is 9.97 Å². The lowest BCUT2D eigenvalue weighted by Gasteiger charge is -2.04. The molecule has 1 aromatic heterocycles. The normalized spacial score (nSPS) is 10.4. The zero-order chi connectivity index (χ0) is 11.5. The quantitative estimate of drug-likeness (QED) is 0.869. The molecule has 1 aromatic carbocycles. The monoisotopic (exact) mass is 234 g/mol. The standard InChI is InChI=1S/C12H11ClN2O/c1-8-6-11(7-16)15-12(14-8)9-2-4-10(13)5-3-9/h2-6,16H,7H2,1H3. The van der Waals surface area contributed by atoms with Crippen molar-refractivity contribution in [2.24, 2.45) is 0 Å². The Kier molecular flexibility index (Phi) is 3.17. The van der Waals surface area contributed by atoms with Gasteiger partial charge in [-0.3, -0.25) is 0 Å². The maximum absolute atomic E-state index is 9.07. The number of aliphatic hydroxyl groups excluding tert-OH is 1. The molecule has 0 saturated heterocycles. The van der Waals surface area contributed by atoms with Gasteiger partial charge in [-0.15, -0.1) is 0 Å². The van der Waals surface area contributed by atoms with E-state index >= 15 is 0 Å². The van der Waals surface area contributed by atoms with Crippen LogP contribution in [0.15, 0.2) is 30.3 Å². The Morgan fingerprint density at radius 3 is 2.50 bits per heavy atom. The van der Waals surface area contributed by atoms with Crippen molar-refractivity contribution >= 4 is 11.6 Å². The molecule has 0 atom stereocenters. The molecule has 0 spiro atoms. The van der Waals surface area contributed by atoms with Crippen LogP contribution in [0, 0.1) is 6.92 Å². The molecule has 16 heavy (non-hydrogen) atoms. The number of nitrogens with zero attached hydrogens (tertiary/aromatic N) is 2. The van der Waals surface area contributed by atoms with E-state index in [1.165, 1.54) is 0 Å². The van der Waals surface area contributed by atoms with Crippen molar-refractivity contribution in [1.29, 1.82) is 0 Å². The van der Waals surface area contributed by atoms with Gasteiger partial charge in [0.15, 0.2) is 5.82 Å². The van der Waals surface area contributed by atoms with Crippen LogP contribution in [0.25, 0.3) is 11.4 Å². The fourth-order valence-corrected chi connectivity index (χ4v) is 1.57. The largest absolute Gasteiger partial charge is 0.390 e. The molecule has 2 aromatic rings. The van der Waals surface area contributed by atoms with Crippen LogP contribution < -0.4 is 0 Å². The van der Waals surface area contributed by atoms with E-state index in [4.69, 9.17) is 16.7 Å². The average molecular weight is 235 g/mol. The lowest BCUT2D eigenvalue weighted by Crippen LogP contribution is -1.97. The molecule has 4 heteroatoms. The summed E-state index contributed by atoms with van der Waals surface area (Å²) >= 11 is 5.81. The van der Waals surface area contributed by atoms with Crippen molar-refractivity contribution in [3.63, 3.8) is 0 Å². The number of hydrogen-bond acceptors (Lipinski definition) is 3. The number of aliphatic hydroxyl groups is 1. The molecule has 0 aliphatic rings. The third-order valence-electron chi connectivity index (χ3n) is 2.17. The first-order chi connectivity index (χ1) is 7.69. The second-order valence-corrected chi connectivity index (χ2v) is 3.93. The van der Waals surface area contributed by atoms with Crippen LogP contribution in [-0.2, 0) is 6.61 Å². The number of hydrogen-bond donors (Lipinski definition) is 1. The minimum atomic E-state index is -0.0794. The molecule has 0 amide bonds. The van der Waals surface area contributed by atoms with Gasteiger partial charge in [0.25, 0.3) is 0 Å². The summed E-state index contributed by atoms with van der Waals surface area (Å²) < 4.78 is 0. The summed E-state index contributed by atoms with van der Waals surface area (Å²) in [4.78, 5) is 8.56. The predicted molar refractivity (Wildman–Crippen MR) is 63.1 cm³/mol. The molecule has 1 heterocycles. The van der Waals surface area contributed by atoms with Gasteiger partial charge in [0.2, 0.25) is 0 Å². The van der Waals surface area contributed by atoms with E-state index in [9.17, 15) is 0 Å². The Hall–Kier alpha value is -1.45. The van der Waals surface area contributed by atoms with Crippen LogP contribution in [0.5, 0.6) is 0 Å². The number of rotatable bonds is 2. The Balaban J connectivity index is 2.47. The maximum atomic E-state index is 9.07. The Bertz CT molecular complexity index is 497. The summed E-state index contributed by atoms with van der Waals surface area (Å²) in [5.74, 6) is 0.612. The van der Waals surface area contributed by atoms with Gasteiger partial charge in [-0.25, -0.2) is 9.97 Å². The Morgan fingerprint density at radius 1 is 1.19 bits per heavy atom. The molecule has 1 N–H and O–H groups in total. The van der Waals surface area contributed by atoms with E-state index < -0.39 is 0 Å². The first kappa shape index (κ1) is 11.0. The van der Waals surface area contributed by atoms with Crippen molar-refractivity contribution in [3.8, 4) is 11.4 Å². The first-order valence-electron chi connectivity index (χ1n) is 4.90. The topological polar surface area (TPSA) is 46.0 Å². The van der Waals surface area contributed by atoms with Crippen LogP contribution in [0.4, 0.5) is 0 Å². The van der Waals surface area contributed by atoms with E-state index in [0.717, 1.165) is 11.3 Å². The summed E-state index contributed by atoms with van der Waals surface area (Å²) in [5, 5.41) is 9.75. The molecule has 0 bridgehead atoms. The highest BCUT2D eigenvalue weighted by atomic mass is 35.5. The van der Waals surface area contributed by atoms with Crippen LogP contribution in [0.2, 0.25) is 5.02 Å². The van der Waals surface area contributed by atoms with Gasteiger partial charge in [0.1, 0.15) is 0 Å². The zero-order valence-electron chi connectivity index (χ0n) is 8.81. The van der Waals surface area contributed by atoms with Gasteiger partial charge in [0, 0.05) is 16.3 Å². The molecule has 0 fully saturated rings. The molecule has 0 saturated carbocycles. The van der Waals surface area contributed by atoms with Crippen molar-refractivity contribution < 1.29 is 5.11 Å². The van der Waals surface area contributed by atoms with Crippen LogP contribution >= 0.6 is 11.6 Å². The maximum Gasteiger partial charge on any atom is 0.159 e. The summed E-state index contributed by atoms with van der Waals surface area (Å²) in [7, 11) is 0. The second kappa shape index (κ2) is 4.60. The van der Waals surface area contributed by atoms with Gasteiger partial charge in [-0.05, 0) is 37.3 Å². The molecular formula is C12H11ClN2O. The van der Waals surface area contributed by atoms with Gasteiger partial charge in [-0.2, -0.15) is 0 Å². The van der Waals surface area contributed by atoms with Crippen molar-refractivity contribution in [3.05, 3.63) is 46.7 Å². The van der Waals surface area contributed by atoms with Gasteiger partial charge in [-0.1, -0.05) is 11.6 Å². The van der Waals surface area contributed by atoms with E-state index in [2.05, 4.69) is 9.97 Å². The average Bonchev–Trinajstić information content (AvgIpc) is 2.29. The van der Waals surface area contributed by atoms with E-state index in [-0.39, 0.29) is 6.61 Å². The number of aryl methyl sites for hydroxylation is 1. The zero-order valence-corrected chi connectivity index (χ0v) is 9.57. The van der Waals surface area contributed by atoms with Gasteiger partial charge in [0.05, 0.1) is 12.3 Å². The third-order valence-corrected chi connectivity index (χ3v) is 2.42. The van der Waals surface area contributed by atoms with E-state index in [1.54, 1.807) is 18.2 Å². The number of benzene rings is 1. The minimum Gasteiger partial charge on any atom is -0.390 e. The minimum absolute atomic E-state index is 0.0794. The molecule has 0 unspecified atom stereocenters. The first-order valence-corrected chi connectivity index (χ1v) is 5.28. The lowest BCUT2D eigenvalue weighted by atomic mass is 10.2.